The van der Waals surface area contributed by atoms with Gasteiger partial charge in [-0.3, -0.25) is 0 Å². The van der Waals surface area contributed by atoms with Crippen LogP contribution in [-0.4, -0.2) is 22.8 Å². The molecule has 0 amide bonds. The van der Waals surface area contributed by atoms with Crippen LogP contribution >= 0.6 is 0 Å². The molecule has 8 bridgehead atoms. The molecule has 0 aromatic rings. The maximum Gasteiger partial charge on any atom is 0.0659 e. The fourth-order valence-electron chi connectivity index (χ4n) is 2.83. The van der Waals surface area contributed by atoms with E-state index in [-0.39, 0.29) is 25.6 Å². The van der Waals surface area contributed by atoms with Crippen LogP contribution < -0.4 is 6.15 Å². The van der Waals surface area contributed by atoms with E-state index < -0.39 is 0 Å². The van der Waals surface area contributed by atoms with Crippen molar-refractivity contribution in [1.29, 1.82) is 0 Å². The topological polar surface area (TPSA) is 84.4 Å². The van der Waals surface area contributed by atoms with Crippen LogP contribution in [0.15, 0.2) is 116 Å². The zero-order chi connectivity index (χ0) is 15.9. The second kappa shape index (κ2) is 7.20. The number of fused-ring (bicyclic) bond motifs is 4. The van der Waals surface area contributed by atoms with Crippen molar-refractivity contribution in [3.8, 4) is 0 Å². The Morgan fingerprint density at radius 2 is 0.615 bits per heavy atom. The molecule has 26 heavy (non-hydrogen) atoms. The Balaban J connectivity index is 0.000000980. The van der Waals surface area contributed by atoms with Gasteiger partial charge in [-0.1, -0.05) is 0 Å². The summed E-state index contributed by atoms with van der Waals surface area (Å²) in [5.74, 6) is 0. The second-order valence-corrected chi connectivity index (χ2v) is 5.76. The molecule has 5 nitrogen and oxygen atoms in total. The maximum absolute atomic E-state index is 4.59. The van der Waals surface area contributed by atoms with Gasteiger partial charge in [0.25, 0.3) is 0 Å². The van der Waals surface area contributed by atoms with Gasteiger partial charge in [0, 0.05) is 19.5 Å². The minimum atomic E-state index is 0. The van der Waals surface area contributed by atoms with E-state index in [1.807, 2.05) is 72.9 Å². The maximum atomic E-state index is 4.59. The summed E-state index contributed by atoms with van der Waals surface area (Å²) in [6.07, 6.45) is 23.8. The van der Waals surface area contributed by atoms with E-state index in [9.17, 15) is 0 Å². The standard InChI is InChI=1S/C20H12N4.H3N.Zn/c1-2-14-10-16-5-6-18(23-16)12-20-8-7-19(24-20)11-17-4-3-15(22-17)9-13(1)21-14;;/h1-12H;1H3;. The molecule has 0 aliphatic carbocycles. The van der Waals surface area contributed by atoms with Crippen LogP contribution in [-0.2, 0) is 19.5 Å². The van der Waals surface area contributed by atoms with Crippen molar-refractivity contribution in [3.05, 3.63) is 95.7 Å². The zero-order valence-electron chi connectivity index (χ0n) is 14.1. The van der Waals surface area contributed by atoms with Gasteiger partial charge in [-0.2, -0.15) is 0 Å². The largest absolute Gasteiger partial charge is 0.344 e. The average molecular weight is 391 g/mol. The van der Waals surface area contributed by atoms with E-state index in [1.165, 1.54) is 0 Å². The summed E-state index contributed by atoms with van der Waals surface area (Å²) in [7, 11) is 0. The summed E-state index contributed by atoms with van der Waals surface area (Å²) in [4.78, 5) is 18.4. The average Bonchev–Trinajstić information content (AvgIpc) is 3.32. The van der Waals surface area contributed by atoms with Crippen LogP contribution in [0.2, 0.25) is 0 Å². The number of allylic oxidation sites excluding steroid dienone is 12. The summed E-state index contributed by atoms with van der Waals surface area (Å²) in [5, 5.41) is 0. The van der Waals surface area contributed by atoms with Crippen LogP contribution in [0.25, 0.3) is 0 Å². The predicted molar refractivity (Wildman–Crippen MR) is 104 cm³/mol. The Morgan fingerprint density at radius 3 is 0.846 bits per heavy atom. The number of aliphatic imine (C=N–C) groups is 4. The Morgan fingerprint density at radius 1 is 0.385 bits per heavy atom. The van der Waals surface area contributed by atoms with Gasteiger partial charge < -0.3 is 6.15 Å². The van der Waals surface area contributed by atoms with Crippen LogP contribution in [0.3, 0.4) is 0 Å². The molecule has 0 saturated heterocycles. The molecule has 5 rings (SSSR count). The summed E-state index contributed by atoms with van der Waals surface area (Å²) in [5.41, 5.74) is 7.15. The van der Waals surface area contributed by atoms with Crippen molar-refractivity contribution < 1.29 is 19.5 Å². The van der Waals surface area contributed by atoms with Crippen LogP contribution in [0.5, 0.6) is 0 Å². The fourth-order valence-corrected chi connectivity index (χ4v) is 2.83. The summed E-state index contributed by atoms with van der Waals surface area (Å²) >= 11 is 0. The van der Waals surface area contributed by atoms with Gasteiger partial charge in [-0.25, -0.2) is 20.0 Å². The molecule has 5 aliphatic rings. The molecule has 0 aromatic heterocycles. The van der Waals surface area contributed by atoms with E-state index in [0.717, 1.165) is 45.6 Å². The van der Waals surface area contributed by atoms with E-state index in [1.54, 1.807) is 0 Å². The molecule has 5 aliphatic heterocycles. The van der Waals surface area contributed by atoms with Crippen LogP contribution in [0.1, 0.15) is 0 Å². The van der Waals surface area contributed by atoms with E-state index in [4.69, 9.17) is 0 Å². The fraction of sp³-hybridized carbons (Fsp3) is 0. The molecule has 0 aromatic carbocycles. The Labute approximate surface area is 164 Å². The molecule has 3 N–H and O–H groups in total. The number of hydrogen-bond acceptors (Lipinski definition) is 5. The molecule has 0 unspecified atom stereocenters. The van der Waals surface area contributed by atoms with Crippen molar-refractivity contribution in [1.82, 2.24) is 6.15 Å². The number of hydrogen-bond donors (Lipinski definition) is 1. The van der Waals surface area contributed by atoms with Gasteiger partial charge in [0.15, 0.2) is 0 Å². The molecular formula is C20H15N5Zn. The van der Waals surface area contributed by atoms with Gasteiger partial charge in [0.2, 0.25) is 0 Å². The van der Waals surface area contributed by atoms with Crippen molar-refractivity contribution in [2.75, 3.05) is 0 Å². The van der Waals surface area contributed by atoms with Gasteiger partial charge in [0.1, 0.15) is 0 Å². The van der Waals surface area contributed by atoms with Crippen LogP contribution in [0, 0.1) is 0 Å². The molecule has 0 spiro atoms. The summed E-state index contributed by atoms with van der Waals surface area (Å²) < 4.78 is 0. The molecule has 6 heteroatoms. The number of nitrogens with zero attached hydrogens (tertiary/aromatic N) is 4. The van der Waals surface area contributed by atoms with Gasteiger partial charge in [-0.15, -0.1) is 0 Å². The summed E-state index contributed by atoms with van der Waals surface area (Å²) in [6, 6.07) is 0. The molecule has 5 heterocycles. The zero-order valence-corrected chi connectivity index (χ0v) is 17.1. The second-order valence-electron chi connectivity index (χ2n) is 5.76. The SMILES string of the molecule is C1=CC2=NC1=CC1=NC(=CC3=NC(=CC4=NC(=C2)C=C4)C=C3)C=C1.N.[Zn]. The van der Waals surface area contributed by atoms with Crippen molar-refractivity contribution in [2.24, 2.45) is 20.0 Å². The minimum absolute atomic E-state index is 0. The number of rotatable bonds is 0. The monoisotopic (exact) mass is 389 g/mol. The van der Waals surface area contributed by atoms with E-state index in [0.29, 0.717) is 0 Å². The normalized spacial score (nSPS) is 20.9. The molecule has 0 saturated carbocycles. The molecule has 0 radical (unpaired) electrons. The Hall–Kier alpha value is -2.82. The Bertz CT molecular complexity index is 850. The van der Waals surface area contributed by atoms with E-state index in [2.05, 4.69) is 20.0 Å². The summed E-state index contributed by atoms with van der Waals surface area (Å²) in [6.45, 7) is 0. The van der Waals surface area contributed by atoms with Gasteiger partial charge in [-0.05, 0) is 72.9 Å². The van der Waals surface area contributed by atoms with Gasteiger partial charge in [0.05, 0.1) is 45.6 Å². The first kappa shape index (κ1) is 18.0. The predicted octanol–water partition coefficient (Wildman–Crippen LogP) is 3.74. The first-order valence-corrected chi connectivity index (χ1v) is 7.74. The van der Waals surface area contributed by atoms with Crippen molar-refractivity contribution in [2.45, 2.75) is 0 Å². The molecule has 122 valence electrons. The van der Waals surface area contributed by atoms with Crippen LogP contribution in [0.4, 0.5) is 0 Å². The smallest absolute Gasteiger partial charge is 0.0659 e. The quantitative estimate of drug-likeness (QED) is 0.628. The first-order valence-electron chi connectivity index (χ1n) is 7.74. The van der Waals surface area contributed by atoms with Crippen molar-refractivity contribution in [3.63, 3.8) is 0 Å². The third-order valence-electron chi connectivity index (χ3n) is 3.92. The molecule has 0 atom stereocenters. The van der Waals surface area contributed by atoms with Crippen molar-refractivity contribution >= 4 is 22.8 Å². The third kappa shape index (κ3) is 3.57. The van der Waals surface area contributed by atoms with Gasteiger partial charge >= 0.3 is 0 Å². The minimum Gasteiger partial charge on any atom is -0.344 e. The third-order valence-corrected chi connectivity index (χ3v) is 3.92. The van der Waals surface area contributed by atoms with E-state index >= 15 is 0 Å². The Kier molecular flexibility index (Phi) is 4.98. The molecular weight excluding hydrogens is 376 g/mol. The first-order chi connectivity index (χ1) is 11.8. The molecule has 0 fully saturated rings.